The number of likely N-dealkylation sites (N-methyl/N-ethyl adjacent to an activating group) is 1. The Morgan fingerprint density at radius 1 is 1.19 bits per heavy atom. The molecule has 0 radical (unpaired) electrons. The van der Waals surface area contributed by atoms with E-state index in [0.29, 0.717) is 6.04 Å². The zero-order valence-electron chi connectivity index (χ0n) is 13.7. The van der Waals surface area contributed by atoms with Gasteiger partial charge in [-0.3, -0.25) is 4.68 Å². The molecule has 0 aliphatic heterocycles. The fourth-order valence-electron chi connectivity index (χ4n) is 2.77. The normalized spacial score (nSPS) is 12.6. The first-order chi connectivity index (χ1) is 10.1. The van der Waals surface area contributed by atoms with Crippen LogP contribution < -0.4 is 5.32 Å². The minimum absolute atomic E-state index is 0.506. The minimum atomic E-state index is 0.506. The van der Waals surface area contributed by atoms with Crippen molar-refractivity contribution in [2.45, 2.75) is 46.1 Å². The van der Waals surface area contributed by atoms with E-state index in [-0.39, 0.29) is 0 Å². The van der Waals surface area contributed by atoms with Gasteiger partial charge in [0.1, 0.15) is 0 Å². The SMILES string of the molecule is CCNC(CCc1ccc(C)cc1)Cc1cc(C)nn1C. The Labute approximate surface area is 128 Å². The van der Waals surface area contributed by atoms with Gasteiger partial charge < -0.3 is 5.32 Å². The molecule has 0 bridgehead atoms. The molecule has 0 fully saturated rings. The number of rotatable bonds is 7. The van der Waals surface area contributed by atoms with Gasteiger partial charge in [-0.15, -0.1) is 0 Å². The predicted octanol–water partition coefficient (Wildman–Crippen LogP) is 3.19. The fourth-order valence-corrected chi connectivity index (χ4v) is 2.77. The Morgan fingerprint density at radius 2 is 1.90 bits per heavy atom. The van der Waals surface area contributed by atoms with Crippen LogP contribution in [0.1, 0.15) is 35.9 Å². The number of nitrogens with one attached hydrogen (secondary N) is 1. The molecule has 2 aromatic rings. The molecule has 3 nitrogen and oxygen atoms in total. The topological polar surface area (TPSA) is 29.9 Å². The largest absolute Gasteiger partial charge is 0.314 e. The highest BCUT2D eigenvalue weighted by atomic mass is 15.3. The van der Waals surface area contributed by atoms with Crippen molar-refractivity contribution in [2.75, 3.05) is 6.54 Å². The van der Waals surface area contributed by atoms with Crippen LogP contribution in [0.2, 0.25) is 0 Å². The number of aromatic nitrogens is 2. The lowest BCUT2D eigenvalue weighted by Gasteiger charge is -2.18. The molecule has 0 aliphatic rings. The summed E-state index contributed by atoms with van der Waals surface area (Å²) in [4.78, 5) is 0. The molecular weight excluding hydrogens is 258 g/mol. The van der Waals surface area contributed by atoms with Crippen molar-refractivity contribution in [2.24, 2.45) is 7.05 Å². The number of aryl methyl sites for hydroxylation is 4. The first-order valence-electron chi connectivity index (χ1n) is 7.87. The Kier molecular flexibility index (Phi) is 5.57. The molecule has 1 aromatic heterocycles. The molecule has 1 heterocycles. The zero-order valence-corrected chi connectivity index (χ0v) is 13.7. The van der Waals surface area contributed by atoms with Crippen LogP contribution in [0, 0.1) is 13.8 Å². The van der Waals surface area contributed by atoms with E-state index in [1.165, 1.54) is 16.8 Å². The zero-order chi connectivity index (χ0) is 15.2. The van der Waals surface area contributed by atoms with E-state index in [1.807, 2.05) is 11.7 Å². The lowest BCUT2D eigenvalue weighted by atomic mass is 10.0. The smallest absolute Gasteiger partial charge is 0.0596 e. The second-order valence-electron chi connectivity index (χ2n) is 5.88. The monoisotopic (exact) mass is 285 g/mol. The maximum Gasteiger partial charge on any atom is 0.0596 e. The van der Waals surface area contributed by atoms with Crippen LogP contribution in [0.15, 0.2) is 30.3 Å². The molecular formula is C18H27N3. The van der Waals surface area contributed by atoms with E-state index in [2.05, 4.69) is 61.5 Å². The van der Waals surface area contributed by atoms with Gasteiger partial charge in [-0.05, 0) is 44.9 Å². The Morgan fingerprint density at radius 3 is 2.48 bits per heavy atom. The van der Waals surface area contributed by atoms with Crippen molar-refractivity contribution in [1.82, 2.24) is 15.1 Å². The summed E-state index contributed by atoms with van der Waals surface area (Å²) in [6.07, 6.45) is 3.31. The van der Waals surface area contributed by atoms with Crippen LogP contribution in [0.3, 0.4) is 0 Å². The molecule has 3 heteroatoms. The van der Waals surface area contributed by atoms with Crippen LogP contribution >= 0.6 is 0 Å². The van der Waals surface area contributed by atoms with Gasteiger partial charge in [0.15, 0.2) is 0 Å². The van der Waals surface area contributed by atoms with Gasteiger partial charge in [-0.2, -0.15) is 5.10 Å². The highest BCUT2D eigenvalue weighted by Crippen LogP contribution is 2.12. The third kappa shape index (κ3) is 4.71. The average molecular weight is 285 g/mol. The lowest BCUT2D eigenvalue weighted by molar-refractivity contribution is 0.477. The quantitative estimate of drug-likeness (QED) is 0.846. The molecule has 1 N–H and O–H groups in total. The van der Waals surface area contributed by atoms with E-state index in [1.54, 1.807) is 0 Å². The van der Waals surface area contributed by atoms with Crippen LogP contribution in [-0.2, 0) is 19.9 Å². The van der Waals surface area contributed by atoms with E-state index >= 15 is 0 Å². The molecule has 0 amide bonds. The second-order valence-corrected chi connectivity index (χ2v) is 5.88. The predicted molar refractivity (Wildman–Crippen MR) is 88.6 cm³/mol. The van der Waals surface area contributed by atoms with Crippen molar-refractivity contribution < 1.29 is 0 Å². The van der Waals surface area contributed by atoms with Crippen molar-refractivity contribution in [1.29, 1.82) is 0 Å². The summed E-state index contributed by atoms with van der Waals surface area (Å²) >= 11 is 0. The molecule has 1 aromatic carbocycles. The number of benzene rings is 1. The number of hydrogen-bond acceptors (Lipinski definition) is 2. The molecule has 1 unspecified atom stereocenters. The average Bonchev–Trinajstić information content (AvgIpc) is 2.76. The number of hydrogen-bond donors (Lipinski definition) is 1. The van der Waals surface area contributed by atoms with Crippen molar-refractivity contribution >= 4 is 0 Å². The molecule has 114 valence electrons. The van der Waals surface area contributed by atoms with E-state index in [4.69, 9.17) is 0 Å². The maximum atomic E-state index is 4.44. The van der Waals surface area contributed by atoms with Crippen molar-refractivity contribution in [3.05, 3.63) is 52.8 Å². The van der Waals surface area contributed by atoms with Crippen LogP contribution in [0.5, 0.6) is 0 Å². The first kappa shape index (κ1) is 15.8. The molecule has 1 atom stereocenters. The van der Waals surface area contributed by atoms with Crippen LogP contribution in [-0.4, -0.2) is 22.4 Å². The van der Waals surface area contributed by atoms with Gasteiger partial charge in [0.25, 0.3) is 0 Å². The summed E-state index contributed by atoms with van der Waals surface area (Å²) in [5.74, 6) is 0. The van der Waals surface area contributed by atoms with Gasteiger partial charge in [-0.1, -0.05) is 36.8 Å². The Hall–Kier alpha value is -1.61. The maximum absolute atomic E-state index is 4.44. The van der Waals surface area contributed by atoms with Crippen LogP contribution in [0.4, 0.5) is 0 Å². The summed E-state index contributed by atoms with van der Waals surface area (Å²) in [6.45, 7) is 7.37. The summed E-state index contributed by atoms with van der Waals surface area (Å²) < 4.78 is 2.01. The summed E-state index contributed by atoms with van der Waals surface area (Å²) in [6, 6.07) is 11.6. The van der Waals surface area contributed by atoms with Crippen LogP contribution in [0.25, 0.3) is 0 Å². The fraction of sp³-hybridized carbons (Fsp3) is 0.500. The van der Waals surface area contributed by atoms with E-state index in [0.717, 1.165) is 31.5 Å². The lowest BCUT2D eigenvalue weighted by Crippen LogP contribution is -2.32. The van der Waals surface area contributed by atoms with E-state index in [9.17, 15) is 0 Å². The van der Waals surface area contributed by atoms with Gasteiger partial charge in [0.05, 0.1) is 5.69 Å². The standard InChI is InChI=1S/C18H27N3/c1-5-19-17(13-18-12-15(3)20-21(18)4)11-10-16-8-6-14(2)7-9-16/h6-9,12,17,19H,5,10-11,13H2,1-4H3. The van der Waals surface area contributed by atoms with Crippen molar-refractivity contribution in [3.8, 4) is 0 Å². The molecule has 0 aliphatic carbocycles. The van der Waals surface area contributed by atoms with Crippen molar-refractivity contribution in [3.63, 3.8) is 0 Å². The molecule has 2 rings (SSSR count). The second kappa shape index (κ2) is 7.41. The molecule has 21 heavy (non-hydrogen) atoms. The molecule has 0 spiro atoms. The van der Waals surface area contributed by atoms with Gasteiger partial charge >= 0.3 is 0 Å². The van der Waals surface area contributed by atoms with E-state index < -0.39 is 0 Å². The molecule has 0 saturated heterocycles. The summed E-state index contributed by atoms with van der Waals surface area (Å²) in [5, 5.41) is 8.05. The first-order valence-corrected chi connectivity index (χ1v) is 7.87. The highest BCUT2D eigenvalue weighted by molar-refractivity contribution is 5.21. The third-order valence-corrected chi connectivity index (χ3v) is 3.95. The van der Waals surface area contributed by atoms with Gasteiger partial charge in [-0.25, -0.2) is 0 Å². The number of nitrogens with zero attached hydrogens (tertiary/aromatic N) is 2. The van der Waals surface area contributed by atoms with Gasteiger partial charge in [0.2, 0.25) is 0 Å². The Balaban J connectivity index is 1.95. The molecule has 0 saturated carbocycles. The Bertz CT molecular complexity index is 554. The summed E-state index contributed by atoms with van der Waals surface area (Å²) in [5.41, 5.74) is 5.15. The summed E-state index contributed by atoms with van der Waals surface area (Å²) in [7, 11) is 2.03. The third-order valence-electron chi connectivity index (χ3n) is 3.95. The minimum Gasteiger partial charge on any atom is -0.314 e. The highest BCUT2D eigenvalue weighted by Gasteiger charge is 2.12. The van der Waals surface area contributed by atoms with Gasteiger partial charge in [0, 0.05) is 25.2 Å².